The second-order valence-electron chi connectivity index (χ2n) is 4.86. The first-order valence-electron chi connectivity index (χ1n) is 6.61. The highest BCUT2D eigenvalue weighted by Crippen LogP contribution is 2.22. The molecule has 3 nitrogen and oxygen atoms in total. The van der Waals surface area contributed by atoms with E-state index in [0.29, 0.717) is 0 Å². The molecule has 0 unspecified atom stereocenters. The van der Waals surface area contributed by atoms with E-state index in [1.165, 1.54) is 15.6 Å². The Labute approximate surface area is 122 Å². The predicted octanol–water partition coefficient (Wildman–Crippen LogP) is 3.48. The topological polar surface area (TPSA) is 50.9 Å². The SMILES string of the molecule is Cc1ncsc1CNCc1cc2ccccc2cc1N. The molecule has 1 heterocycles. The molecule has 1 aromatic heterocycles. The van der Waals surface area contributed by atoms with Gasteiger partial charge in [-0.3, -0.25) is 0 Å². The van der Waals surface area contributed by atoms with Crippen molar-refractivity contribution in [2.24, 2.45) is 0 Å². The molecule has 0 spiro atoms. The highest BCUT2D eigenvalue weighted by molar-refractivity contribution is 7.09. The summed E-state index contributed by atoms with van der Waals surface area (Å²) in [4.78, 5) is 5.54. The predicted molar refractivity (Wildman–Crippen MR) is 85.8 cm³/mol. The van der Waals surface area contributed by atoms with Crippen LogP contribution in [0.4, 0.5) is 5.69 Å². The number of nitrogens with one attached hydrogen (secondary N) is 1. The van der Waals surface area contributed by atoms with Crippen LogP contribution in [0.15, 0.2) is 41.9 Å². The number of fused-ring (bicyclic) bond motifs is 1. The Bertz CT molecular complexity index is 733. The van der Waals surface area contributed by atoms with Crippen LogP contribution in [0.5, 0.6) is 0 Å². The zero-order valence-corrected chi connectivity index (χ0v) is 12.2. The van der Waals surface area contributed by atoms with Gasteiger partial charge in [-0.25, -0.2) is 4.98 Å². The van der Waals surface area contributed by atoms with Crippen LogP contribution in [0.1, 0.15) is 16.1 Å². The third-order valence-electron chi connectivity index (χ3n) is 3.45. The third kappa shape index (κ3) is 2.66. The molecule has 0 atom stereocenters. The molecule has 2 aromatic carbocycles. The highest BCUT2D eigenvalue weighted by atomic mass is 32.1. The Morgan fingerprint density at radius 2 is 1.90 bits per heavy atom. The van der Waals surface area contributed by atoms with Crippen LogP contribution in [0, 0.1) is 6.92 Å². The van der Waals surface area contributed by atoms with Crippen LogP contribution in [-0.2, 0) is 13.1 Å². The van der Waals surface area contributed by atoms with Gasteiger partial charge in [0.05, 0.1) is 11.2 Å². The van der Waals surface area contributed by atoms with Crippen molar-refractivity contribution in [1.82, 2.24) is 10.3 Å². The van der Waals surface area contributed by atoms with Gasteiger partial charge < -0.3 is 11.1 Å². The van der Waals surface area contributed by atoms with E-state index >= 15 is 0 Å². The van der Waals surface area contributed by atoms with Gasteiger partial charge in [0.2, 0.25) is 0 Å². The standard InChI is InChI=1S/C16H17N3S/c1-11-16(20-10-19-11)9-18-8-14-6-12-4-2-3-5-13(12)7-15(14)17/h2-7,10,18H,8-9,17H2,1H3. The van der Waals surface area contributed by atoms with Gasteiger partial charge >= 0.3 is 0 Å². The monoisotopic (exact) mass is 283 g/mol. The second kappa shape index (κ2) is 5.61. The van der Waals surface area contributed by atoms with Crippen molar-refractivity contribution in [3.63, 3.8) is 0 Å². The average molecular weight is 283 g/mol. The maximum Gasteiger partial charge on any atom is 0.0798 e. The maximum atomic E-state index is 6.13. The number of thiazole rings is 1. The smallest absolute Gasteiger partial charge is 0.0798 e. The summed E-state index contributed by atoms with van der Waals surface area (Å²) in [6, 6.07) is 12.5. The van der Waals surface area contributed by atoms with E-state index in [9.17, 15) is 0 Å². The van der Waals surface area contributed by atoms with Gasteiger partial charge in [0.25, 0.3) is 0 Å². The second-order valence-corrected chi connectivity index (χ2v) is 5.80. The lowest BCUT2D eigenvalue weighted by atomic mass is 10.1. The van der Waals surface area contributed by atoms with Gasteiger partial charge in [0.15, 0.2) is 0 Å². The number of aryl methyl sites for hydroxylation is 1. The van der Waals surface area contributed by atoms with E-state index < -0.39 is 0 Å². The summed E-state index contributed by atoms with van der Waals surface area (Å²) in [6.45, 7) is 3.65. The van der Waals surface area contributed by atoms with Crippen LogP contribution < -0.4 is 11.1 Å². The molecule has 3 N–H and O–H groups in total. The lowest BCUT2D eigenvalue weighted by Gasteiger charge is -2.09. The number of nitrogens with two attached hydrogens (primary N) is 1. The number of nitrogens with zero attached hydrogens (tertiary/aromatic N) is 1. The summed E-state index contributed by atoms with van der Waals surface area (Å²) >= 11 is 1.69. The van der Waals surface area contributed by atoms with Crippen LogP contribution >= 0.6 is 11.3 Å². The van der Waals surface area contributed by atoms with Crippen molar-refractivity contribution < 1.29 is 0 Å². The first-order chi connectivity index (χ1) is 9.74. The number of rotatable bonds is 4. The molecule has 3 aromatic rings. The summed E-state index contributed by atoms with van der Waals surface area (Å²) < 4.78 is 0. The summed E-state index contributed by atoms with van der Waals surface area (Å²) in [6.07, 6.45) is 0. The molecule has 102 valence electrons. The Kier molecular flexibility index (Phi) is 3.67. The number of nitrogen functional groups attached to an aromatic ring is 1. The Hall–Kier alpha value is -1.91. The van der Waals surface area contributed by atoms with Crippen molar-refractivity contribution in [2.45, 2.75) is 20.0 Å². The minimum atomic E-state index is 0.772. The molecule has 0 fully saturated rings. The molecule has 0 saturated carbocycles. The minimum Gasteiger partial charge on any atom is -0.398 e. The van der Waals surface area contributed by atoms with Crippen molar-refractivity contribution in [3.8, 4) is 0 Å². The first kappa shape index (κ1) is 13.1. The number of hydrogen-bond donors (Lipinski definition) is 2. The van der Waals surface area contributed by atoms with Crippen molar-refractivity contribution in [1.29, 1.82) is 0 Å². The Morgan fingerprint density at radius 1 is 1.15 bits per heavy atom. The number of aromatic nitrogens is 1. The van der Waals surface area contributed by atoms with Crippen LogP contribution in [0.3, 0.4) is 0 Å². The normalized spacial score (nSPS) is 11.1. The van der Waals surface area contributed by atoms with Crippen LogP contribution in [0.25, 0.3) is 10.8 Å². The van der Waals surface area contributed by atoms with Gasteiger partial charge in [0, 0.05) is 23.7 Å². The molecule has 0 bridgehead atoms. The Morgan fingerprint density at radius 3 is 2.60 bits per heavy atom. The Balaban J connectivity index is 1.74. The zero-order chi connectivity index (χ0) is 13.9. The summed E-state index contributed by atoms with van der Waals surface area (Å²) in [7, 11) is 0. The largest absolute Gasteiger partial charge is 0.398 e. The van der Waals surface area contributed by atoms with E-state index in [-0.39, 0.29) is 0 Å². The third-order valence-corrected chi connectivity index (χ3v) is 4.39. The van der Waals surface area contributed by atoms with E-state index in [2.05, 4.69) is 34.6 Å². The fourth-order valence-electron chi connectivity index (χ4n) is 2.26. The van der Waals surface area contributed by atoms with Gasteiger partial charge in [0.1, 0.15) is 0 Å². The first-order valence-corrected chi connectivity index (χ1v) is 7.49. The zero-order valence-electron chi connectivity index (χ0n) is 11.4. The van der Waals surface area contributed by atoms with Crippen molar-refractivity contribution >= 4 is 27.8 Å². The highest BCUT2D eigenvalue weighted by Gasteiger charge is 2.04. The molecule has 3 rings (SSSR count). The summed E-state index contributed by atoms with van der Waals surface area (Å²) in [5, 5.41) is 5.86. The van der Waals surface area contributed by atoms with Gasteiger partial charge in [-0.05, 0) is 35.4 Å². The molecule has 4 heteroatoms. The average Bonchev–Trinajstić information content (AvgIpc) is 2.85. The van der Waals surface area contributed by atoms with Gasteiger partial charge in [-0.15, -0.1) is 11.3 Å². The van der Waals surface area contributed by atoms with Crippen molar-refractivity contribution in [2.75, 3.05) is 5.73 Å². The van der Waals surface area contributed by atoms with Gasteiger partial charge in [-0.1, -0.05) is 24.3 Å². The van der Waals surface area contributed by atoms with Crippen molar-refractivity contribution in [3.05, 3.63) is 58.0 Å². The lowest BCUT2D eigenvalue weighted by molar-refractivity contribution is 0.699. The number of benzene rings is 2. The lowest BCUT2D eigenvalue weighted by Crippen LogP contribution is -2.13. The molecule has 0 aliphatic carbocycles. The summed E-state index contributed by atoms with van der Waals surface area (Å²) in [5.41, 5.74) is 11.1. The molecule has 0 amide bonds. The van der Waals surface area contributed by atoms with Gasteiger partial charge in [-0.2, -0.15) is 0 Å². The quantitative estimate of drug-likeness (QED) is 0.721. The number of hydrogen-bond acceptors (Lipinski definition) is 4. The van der Waals surface area contributed by atoms with E-state index in [0.717, 1.165) is 30.0 Å². The minimum absolute atomic E-state index is 0.772. The fourth-order valence-corrected chi connectivity index (χ4v) is 3.01. The molecule has 0 radical (unpaired) electrons. The molecule has 0 saturated heterocycles. The van der Waals surface area contributed by atoms with E-state index in [4.69, 9.17) is 5.73 Å². The molecule has 0 aliphatic heterocycles. The van der Waals surface area contributed by atoms with E-state index in [1.807, 2.05) is 24.6 Å². The fraction of sp³-hybridized carbons (Fsp3) is 0.188. The molecule has 0 aliphatic rings. The van der Waals surface area contributed by atoms with E-state index in [1.54, 1.807) is 11.3 Å². The molecular formula is C16H17N3S. The van der Waals surface area contributed by atoms with Crippen LogP contribution in [0.2, 0.25) is 0 Å². The number of anilines is 1. The summed E-state index contributed by atoms with van der Waals surface area (Å²) in [5.74, 6) is 0. The van der Waals surface area contributed by atoms with Crippen LogP contribution in [-0.4, -0.2) is 4.98 Å². The molecular weight excluding hydrogens is 266 g/mol. The maximum absolute atomic E-state index is 6.13. The molecule has 20 heavy (non-hydrogen) atoms.